The molecule has 1 amide bonds. The number of hydrogen-bond acceptors (Lipinski definition) is 7. The number of methoxy groups -OCH3 is 1. The molecule has 2 aliphatic rings. The summed E-state index contributed by atoms with van der Waals surface area (Å²) >= 11 is 1.17. The quantitative estimate of drug-likeness (QED) is 0.576. The van der Waals surface area contributed by atoms with Crippen molar-refractivity contribution >= 4 is 28.9 Å². The van der Waals surface area contributed by atoms with Crippen molar-refractivity contribution in [3.8, 4) is 11.8 Å². The first-order valence-electron chi connectivity index (χ1n) is 10.3. The first kappa shape index (κ1) is 21.7. The van der Waals surface area contributed by atoms with Crippen molar-refractivity contribution in [2.45, 2.75) is 18.9 Å². The molecule has 9 heteroatoms. The van der Waals surface area contributed by atoms with E-state index in [1.807, 2.05) is 0 Å². The van der Waals surface area contributed by atoms with Gasteiger partial charge < -0.3 is 20.1 Å². The number of para-hydroxylation sites is 1. The summed E-state index contributed by atoms with van der Waals surface area (Å²) in [5.74, 6) is -1.73. The number of halogens is 1. The number of hydrogen-bond donors (Lipinski definition) is 1. The maximum atomic E-state index is 14.5. The minimum atomic E-state index is -1.63. The Balaban J connectivity index is 1.81. The van der Waals surface area contributed by atoms with Gasteiger partial charge in [0.1, 0.15) is 23.0 Å². The van der Waals surface area contributed by atoms with Gasteiger partial charge in [0.25, 0.3) is 0 Å². The molecule has 0 bridgehead atoms. The maximum absolute atomic E-state index is 14.5. The van der Waals surface area contributed by atoms with Crippen molar-refractivity contribution in [3.05, 3.63) is 92.2 Å². The van der Waals surface area contributed by atoms with Gasteiger partial charge in [0.2, 0.25) is 11.8 Å². The largest absolute Gasteiger partial charge is 0.465 e. The van der Waals surface area contributed by atoms with Crippen LogP contribution in [0.25, 0.3) is 0 Å². The van der Waals surface area contributed by atoms with Crippen LogP contribution in [0.1, 0.15) is 31.2 Å². The highest BCUT2D eigenvalue weighted by molar-refractivity contribution is 7.13. The molecule has 1 atom stereocenters. The Kier molecular flexibility index (Phi) is 4.92. The Labute approximate surface area is 198 Å². The average Bonchev–Trinajstić information content (AvgIpc) is 3.28. The molecule has 3 heterocycles. The summed E-state index contributed by atoms with van der Waals surface area (Å²) in [5.41, 5.74) is 5.98. The van der Waals surface area contributed by atoms with Crippen molar-refractivity contribution in [2.75, 3.05) is 12.0 Å². The zero-order chi connectivity index (χ0) is 24.2. The van der Waals surface area contributed by atoms with Crippen LogP contribution >= 0.6 is 11.3 Å². The number of anilines is 1. The molecule has 1 spiro atoms. The summed E-state index contributed by atoms with van der Waals surface area (Å²) in [4.78, 5) is 29.2. The Morgan fingerprint density at radius 3 is 2.68 bits per heavy atom. The van der Waals surface area contributed by atoms with Gasteiger partial charge in [-0.1, -0.05) is 36.4 Å². The topological polar surface area (TPSA) is 106 Å². The number of carbonyl (C=O) groups excluding carboxylic acids is 2. The molecular weight excluding hydrogens is 457 g/mol. The van der Waals surface area contributed by atoms with Crippen molar-refractivity contribution < 1.29 is 23.5 Å². The minimum Gasteiger partial charge on any atom is -0.465 e. The Morgan fingerprint density at radius 2 is 1.97 bits per heavy atom. The molecule has 0 saturated carbocycles. The molecular formula is C25H18FN3O4S. The highest BCUT2D eigenvalue weighted by Crippen LogP contribution is 2.58. The summed E-state index contributed by atoms with van der Waals surface area (Å²) in [6.07, 6.45) is 0. The number of esters is 1. The molecule has 0 unspecified atom stereocenters. The normalized spacial score (nSPS) is 18.4. The highest BCUT2D eigenvalue weighted by Gasteiger charge is 2.60. The van der Waals surface area contributed by atoms with E-state index in [1.54, 1.807) is 49.4 Å². The fourth-order valence-electron chi connectivity index (χ4n) is 4.67. The van der Waals surface area contributed by atoms with Crippen LogP contribution in [-0.2, 0) is 21.5 Å². The van der Waals surface area contributed by atoms with Crippen molar-refractivity contribution in [1.82, 2.24) is 0 Å². The number of thiophene rings is 1. The molecule has 0 saturated heterocycles. The van der Waals surface area contributed by atoms with Crippen LogP contribution in [0.15, 0.2) is 60.0 Å². The van der Waals surface area contributed by atoms with Gasteiger partial charge >= 0.3 is 5.97 Å². The van der Waals surface area contributed by atoms with E-state index < -0.39 is 23.1 Å². The number of rotatable bonds is 3. The van der Waals surface area contributed by atoms with Crippen LogP contribution in [0.5, 0.6) is 5.75 Å². The number of fused-ring (bicyclic) bond motifs is 4. The van der Waals surface area contributed by atoms with E-state index in [0.717, 1.165) is 0 Å². The fourth-order valence-corrected chi connectivity index (χ4v) is 5.95. The monoisotopic (exact) mass is 475 g/mol. The van der Waals surface area contributed by atoms with E-state index in [4.69, 9.17) is 15.2 Å². The van der Waals surface area contributed by atoms with Crippen LogP contribution in [0, 0.1) is 24.1 Å². The standard InChI is InChI=1S/C25H18FN3O4S/c1-13-19(23(30)32-2)20-21(34-13)25(16(11-27)22(28)33-20)15-8-4-6-10-18(15)29(24(25)31)12-14-7-3-5-9-17(14)26/h3-10H,12,28H2,1-2H3/t25-/m0/s1. The van der Waals surface area contributed by atoms with Crippen LogP contribution in [-0.4, -0.2) is 19.0 Å². The predicted molar refractivity (Wildman–Crippen MR) is 123 cm³/mol. The molecule has 0 aliphatic carbocycles. The Morgan fingerprint density at radius 1 is 1.26 bits per heavy atom. The molecule has 0 radical (unpaired) electrons. The molecule has 170 valence electrons. The van der Waals surface area contributed by atoms with Crippen molar-refractivity contribution in [2.24, 2.45) is 5.73 Å². The lowest BCUT2D eigenvalue weighted by Gasteiger charge is -2.32. The second kappa shape index (κ2) is 7.71. The van der Waals surface area contributed by atoms with Crippen LogP contribution in [0.4, 0.5) is 10.1 Å². The average molecular weight is 476 g/mol. The molecule has 2 aliphatic heterocycles. The molecule has 2 N–H and O–H groups in total. The van der Waals surface area contributed by atoms with Crippen LogP contribution in [0.3, 0.4) is 0 Å². The number of nitrogens with two attached hydrogens (primary N) is 1. The fraction of sp³-hybridized carbons (Fsp3) is 0.160. The van der Waals surface area contributed by atoms with E-state index in [0.29, 0.717) is 26.6 Å². The molecule has 1 aromatic heterocycles. The third-order valence-electron chi connectivity index (χ3n) is 6.17. The lowest BCUT2D eigenvalue weighted by Crippen LogP contribution is -2.45. The number of benzene rings is 2. The van der Waals surface area contributed by atoms with Gasteiger partial charge in [-0.2, -0.15) is 5.26 Å². The van der Waals surface area contributed by atoms with Crippen LogP contribution < -0.4 is 15.4 Å². The lowest BCUT2D eigenvalue weighted by molar-refractivity contribution is -0.121. The number of aryl methyl sites for hydroxylation is 1. The summed E-state index contributed by atoms with van der Waals surface area (Å²) in [7, 11) is 1.25. The number of carbonyl (C=O) groups is 2. The van der Waals surface area contributed by atoms with Gasteiger partial charge in [0.05, 0.1) is 18.5 Å². The van der Waals surface area contributed by atoms with Crippen molar-refractivity contribution in [1.29, 1.82) is 5.26 Å². The SMILES string of the molecule is COC(=O)c1c(C)sc2c1OC(N)=C(C#N)[C@]21C(=O)N(Cc2ccccc2F)c2ccccc21. The first-order chi connectivity index (χ1) is 16.4. The molecule has 3 aromatic rings. The van der Waals surface area contributed by atoms with Crippen molar-refractivity contribution in [3.63, 3.8) is 0 Å². The van der Waals surface area contributed by atoms with Gasteiger partial charge in [-0.15, -0.1) is 11.3 Å². The molecule has 2 aromatic carbocycles. The number of nitrogens with zero attached hydrogens (tertiary/aromatic N) is 2. The van der Waals surface area contributed by atoms with E-state index in [1.165, 1.54) is 29.4 Å². The van der Waals surface area contributed by atoms with Crippen LogP contribution in [0.2, 0.25) is 0 Å². The lowest BCUT2D eigenvalue weighted by atomic mass is 9.72. The second-order valence-corrected chi connectivity index (χ2v) is 9.11. The first-order valence-corrected chi connectivity index (χ1v) is 11.1. The van der Waals surface area contributed by atoms with Gasteiger partial charge in [-0.3, -0.25) is 4.79 Å². The summed E-state index contributed by atoms with van der Waals surface area (Å²) in [6, 6.07) is 15.3. The van der Waals surface area contributed by atoms with Gasteiger partial charge in [-0.05, 0) is 19.1 Å². The maximum Gasteiger partial charge on any atom is 0.342 e. The van der Waals surface area contributed by atoms with Gasteiger partial charge in [0, 0.05) is 21.7 Å². The second-order valence-electron chi connectivity index (χ2n) is 7.89. The number of nitriles is 1. The minimum absolute atomic E-state index is 0.0483. The summed E-state index contributed by atoms with van der Waals surface area (Å²) < 4.78 is 25.2. The van der Waals surface area contributed by atoms with Gasteiger partial charge in [0.15, 0.2) is 11.2 Å². The Bertz CT molecular complexity index is 1450. The van der Waals surface area contributed by atoms with Gasteiger partial charge in [-0.25, -0.2) is 9.18 Å². The van der Waals surface area contributed by atoms with E-state index in [-0.39, 0.29) is 29.3 Å². The van der Waals surface area contributed by atoms with E-state index in [2.05, 4.69) is 6.07 Å². The third-order valence-corrected chi connectivity index (χ3v) is 7.37. The smallest absolute Gasteiger partial charge is 0.342 e. The zero-order valence-electron chi connectivity index (χ0n) is 18.2. The summed E-state index contributed by atoms with van der Waals surface area (Å²) in [5, 5.41) is 10.1. The Hall–Kier alpha value is -4.16. The van der Waals surface area contributed by atoms with E-state index in [9.17, 15) is 19.2 Å². The molecule has 34 heavy (non-hydrogen) atoms. The molecule has 7 nitrogen and oxygen atoms in total. The van der Waals surface area contributed by atoms with E-state index >= 15 is 0 Å². The highest BCUT2D eigenvalue weighted by atomic mass is 32.1. The third kappa shape index (κ3) is 2.72. The predicted octanol–water partition coefficient (Wildman–Crippen LogP) is 3.90. The molecule has 0 fully saturated rings. The molecule has 5 rings (SSSR count). The zero-order valence-corrected chi connectivity index (χ0v) is 19.0. The number of ether oxygens (including phenoxy) is 2. The number of amides is 1. The summed E-state index contributed by atoms with van der Waals surface area (Å²) in [6.45, 7) is 1.66.